The van der Waals surface area contributed by atoms with Crippen LogP contribution in [0.2, 0.25) is 0 Å². The summed E-state index contributed by atoms with van der Waals surface area (Å²) in [5, 5.41) is 8.48. The van der Waals surface area contributed by atoms with E-state index in [0.29, 0.717) is 22.9 Å². The van der Waals surface area contributed by atoms with E-state index in [9.17, 15) is 0 Å². The summed E-state index contributed by atoms with van der Waals surface area (Å²) in [6.45, 7) is 1.56. The first-order chi connectivity index (χ1) is 16.7. The smallest absolute Gasteiger partial charge is 0.159 e. The third-order valence-corrected chi connectivity index (χ3v) is 6.13. The third kappa shape index (κ3) is 2.96. The van der Waals surface area contributed by atoms with Crippen molar-refractivity contribution in [2.75, 3.05) is 18.0 Å². The molecular weight excluding hydrogens is 430 g/mol. The predicted molar refractivity (Wildman–Crippen MR) is 128 cm³/mol. The van der Waals surface area contributed by atoms with Gasteiger partial charge in [0.2, 0.25) is 0 Å². The van der Waals surface area contributed by atoms with E-state index in [1.54, 1.807) is 31.1 Å². The van der Waals surface area contributed by atoms with Crippen molar-refractivity contribution in [1.82, 2.24) is 35.1 Å². The first-order valence-electron chi connectivity index (χ1n) is 10.9. The molecule has 166 valence electrons. The van der Waals surface area contributed by atoms with E-state index in [4.69, 9.17) is 20.1 Å². The molecule has 6 aromatic rings. The first-order valence-corrected chi connectivity index (χ1v) is 10.9. The third-order valence-electron chi connectivity index (χ3n) is 6.13. The lowest BCUT2D eigenvalue weighted by molar-refractivity contribution is 0.514. The highest BCUT2D eigenvalue weighted by molar-refractivity contribution is 5.97. The van der Waals surface area contributed by atoms with Crippen molar-refractivity contribution >= 4 is 27.8 Å². The number of para-hydroxylation sites is 1. The Morgan fingerprint density at radius 1 is 1.03 bits per heavy atom. The second kappa shape index (κ2) is 7.22. The summed E-state index contributed by atoms with van der Waals surface area (Å²) < 4.78 is 5.27. The van der Waals surface area contributed by atoms with Gasteiger partial charge in [-0.15, -0.1) is 0 Å². The average molecular weight is 449 g/mol. The molecule has 0 spiro atoms. The molecule has 7 rings (SSSR count). The van der Waals surface area contributed by atoms with Crippen LogP contribution in [0.1, 0.15) is 0 Å². The minimum atomic E-state index is 0.186. The number of fused-ring (bicyclic) bond motifs is 2. The fourth-order valence-electron chi connectivity index (χ4n) is 4.36. The molecule has 1 aromatic carbocycles. The van der Waals surface area contributed by atoms with Gasteiger partial charge in [-0.2, -0.15) is 5.10 Å². The molecule has 34 heavy (non-hydrogen) atoms. The number of rotatable bonds is 4. The quantitative estimate of drug-likeness (QED) is 0.372. The van der Waals surface area contributed by atoms with Crippen LogP contribution in [0.5, 0.6) is 0 Å². The van der Waals surface area contributed by atoms with Gasteiger partial charge in [-0.05, 0) is 18.2 Å². The van der Waals surface area contributed by atoms with E-state index in [1.165, 1.54) is 0 Å². The molecule has 6 heterocycles. The molecule has 0 bridgehead atoms. The molecule has 1 fully saturated rings. The van der Waals surface area contributed by atoms with Gasteiger partial charge < -0.3 is 20.0 Å². The number of aromatic nitrogens is 7. The number of hydrogen-bond acceptors (Lipinski definition) is 8. The number of furan rings is 1. The van der Waals surface area contributed by atoms with Crippen molar-refractivity contribution in [1.29, 1.82) is 0 Å². The number of pyridine rings is 1. The summed E-state index contributed by atoms with van der Waals surface area (Å²) >= 11 is 0. The van der Waals surface area contributed by atoms with Crippen LogP contribution in [0, 0.1) is 0 Å². The molecule has 10 heteroatoms. The van der Waals surface area contributed by atoms with E-state index in [0.717, 1.165) is 52.0 Å². The molecular formula is C24H19N9O. The van der Waals surface area contributed by atoms with Gasteiger partial charge in [-0.3, -0.25) is 15.1 Å². The second-order valence-electron chi connectivity index (χ2n) is 8.41. The Hall–Kier alpha value is -4.57. The maximum atomic E-state index is 5.92. The van der Waals surface area contributed by atoms with Crippen LogP contribution in [0.15, 0.2) is 65.9 Å². The van der Waals surface area contributed by atoms with Crippen molar-refractivity contribution in [2.24, 2.45) is 5.73 Å². The van der Waals surface area contributed by atoms with E-state index in [1.807, 2.05) is 30.3 Å². The summed E-state index contributed by atoms with van der Waals surface area (Å²) in [5.41, 5.74) is 12.6. The van der Waals surface area contributed by atoms with Crippen molar-refractivity contribution in [3.05, 3.63) is 61.4 Å². The highest BCUT2D eigenvalue weighted by Crippen LogP contribution is 2.32. The molecule has 10 nitrogen and oxygen atoms in total. The van der Waals surface area contributed by atoms with Crippen molar-refractivity contribution < 1.29 is 4.42 Å². The second-order valence-corrected chi connectivity index (χ2v) is 8.41. The van der Waals surface area contributed by atoms with Gasteiger partial charge in [0.05, 0.1) is 53.4 Å². The number of nitrogens with two attached hydrogens (primary N) is 1. The molecule has 4 N–H and O–H groups in total. The minimum absolute atomic E-state index is 0.186. The Bertz CT molecular complexity index is 1640. The highest BCUT2D eigenvalue weighted by atomic mass is 16.3. The lowest BCUT2D eigenvalue weighted by atomic mass is 10.1. The highest BCUT2D eigenvalue weighted by Gasteiger charge is 2.25. The van der Waals surface area contributed by atoms with Crippen LogP contribution >= 0.6 is 0 Å². The maximum Gasteiger partial charge on any atom is 0.159 e. The van der Waals surface area contributed by atoms with Crippen LogP contribution in [-0.2, 0) is 0 Å². The molecule has 0 amide bonds. The lowest BCUT2D eigenvalue weighted by Gasteiger charge is -2.37. The fourth-order valence-corrected chi connectivity index (χ4v) is 4.36. The van der Waals surface area contributed by atoms with Gasteiger partial charge in [0.15, 0.2) is 5.82 Å². The zero-order valence-corrected chi connectivity index (χ0v) is 17.9. The molecule has 0 radical (unpaired) electrons. The van der Waals surface area contributed by atoms with Crippen molar-refractivity contribution in [3.63, 3.8) is 0 Å². The topological polar surface area (TPSA) is 138 Å². The molecule has 1 aliphatic rings. The number of nitrogens with zero attached hydrogens (tertiary/aromatic N) is 6. The predicted octanol–water partition coefficient (Wildman–Crippen LogP) is 3.37. The molecule has 0 saturated carbocycles. The number of benzene rings is 1. The van der Waals surface area contributed by atoms with Crippen LogP contribution in [-0.4, -0.2) is 54.2 Å². The van der Waals surface area contributed by atoms with Crippen molar-refractivity contribution in [3.8, 4) is 34.0 Å². The lowest BCUT2D eigenvalue weighted by Crippen LogP contribution is -2.56. The Balaban J connectivity index is 1.31. The summed E-state index contributed by atoms with van der Waals surface area (Å²) in [4.78, 5) is 24.1. The van der Waals surface area contributed by atoms with Crippen LogP contribution in [0.25, 0.3) is 56.0 Å². The first kappa shape index (κ1) is 18.9. The van der Waals surface area contributed by atoms with Crippen LogP contribution in [0.3, 0.4) is 0 Å². The summed E-state index contributed by atoms with van der Waals surface area (Å²) in [7, 11) is 0. The van der Waals surface area contributed by atoms with Gasteiger partial charge in [-0.25, -0.2) is 9.97 Å². The van der Waals surface area contributed by atoms with E-state index >= 15 is 0 Å². The van der Waals surface area contributed by atoms with E-state index < -0.39 is 0 Å². The van der Waals surface area contributed by atoms with E-state index in [-0.39, 0.29) is 6.04 Å². The largest absolute Gasteiger partial charge is 0.472 e. The standard InChI is InChI=1S/C24H19N9O/c25-14-10-33(11-14)21-9-26-7-20(28-21)18-6-16-19(8-27-18)31-32-23(16)24-29-17-3-1-2-15(22(17)30-24)13-4-5-34-12-13/h1-9,12,14H,10-11,25H2,(H,29,30)(H,31,32). The zero-order chi connectivity index (χ0) is 22.6. The Kier molecular flexibility index (Phi) is 4.02. The van der Waals surface area contributed by atoms with Gasteiger partial charge in [0, 0.05) is 35.6 Å². The number of imidazole rings is 1. The van der Waals surface area contributed by atoms with Crippen molar-refractivity contribution in [2.45, 2.75) is 6.04 Å². The Morgan fingerprint density at radius 3 is 2.82 bits per heavy atom. The average Bonchev–Trinajstić information content (AvgIpc) is 3.60. The summed E-state index contributed by atoms with van der Waals surface area (Å²) in [6.07, 6.45) is 8.60. The molecule has 0 aliphatic carbocycles. The number of hydrogen-bond donors (Lipinski definition) is 3. The molecule has 1 saturated heterocycles. The Labute approximate surface area is 192 Å². The molecule has 0 atom stereocenters. The number of aromatic amines is 2. The number of anilines is 1. The normalized spacial score (nSPS) is 14.2. The van der Waals surface area contributed by atoms with Gasteiger partial charge in [0.25, 0.3) is 0 Å². The van der Waals surface area contributed by atoms with Crippen LogP contribution in [0.4, 0.5) is 5.82 Å². The van der Waals surface area contributed by atoms with Gasteiger partial charge >= 0.3 is 0 Å². The van der Waals surface area contributed by atoms with Crippen LogP contribution < -0.4 is 10.6 Å². The molecule has 0 unspecified atom stereocenters. The molecule has 5 aromatic heterocycles. The summed E-state index contributed by atoms with van der Waals surface area (Å²) in [6, 6.07) is 10.1. The Morgan fingerprint density at radius 2 is 1.97 bits per heavy atom. The summed E-state index contributed by atoms with van der Waals surface area (Å²) in [5.74, 6) is 1.47. The SMILES string of the molecule is NC1CN(c2cncc(-c3cc4c(-c5nc6c(-c7ccoc7)cccc6[nH]5)n[nH]c4cn3)n2)C1. The van der Waals surface area contributed by atoms with Gasteiger partial charge in [-0.1, -0.05) is 12.1 Å². The minimum Gasteiger partial charge on any atom is -0.472 e. The number of H-pyrrole nitrogens is 2. The van der Waals surface area contributed by atoms with Gasteiger partial charge in [0.1, 0.15) is 17.2 Å². The van der Waals surface area contributed by atoms with E-state index in [2.05, 4.69) is 30.0 Å². The molecule has 1 aliphatic heterocycles. The monoisotopic (exact) mass is 449 g/mol. The number of nitrogens with one attached hydrogen (secondary N) is 2. The maximum absolute atomic E-state index is 5.92. The zero-order valence-electron chi connectivity index (χ0n) is 17.9. The fraction of sp³-hybridized carbons (Fsp3) is 0.125.